The number of hydrogen-bond acceptors (Lipinski definition) is 4. The van der Waals surface area contributed by atoms with Crippen LogP contribution in [0.25, 0.3) is 6.08 Å². The average molecular weight is 413 g/mol. The van der Waals surface area contributed by atoms with E-state index < -0.39 is 29.3 Å². The van der Waals surface area contributed by atoms with Crippen LogP contribution in [0.4, 0.5) is 4.79 Å². The lowest BCUT2D eigenvalue weighted by molar-refractivity contribution is -0.131. The van der Waals surface area contributed by atoms with Crippen molar-refractivity contribution in [2.45, 2.75) is 25.8 Å². The number of nitrogens with zero attached hydrogens (tertiary/aromatic N) is 1. The summed E-state index contributed by atoms with van der Waals surface area (Å²) in [6, 6.07) is 4.31. The fourth-order valence-corrected chi connectivity index (χ4v) is 2.56. The maximum absolute atomic E-state index is 12.0. The van der Waals surface area contributed by atoms with E-state index in [9.17, 15) is 19.2 Å². The zero-order valence-corrected chi connectivity index (χ0v) is 16.1. The van der Waals surface area contributed by atoms with Crippen molar-refractivity contribution in [2.24, 2.45) is 0 Å². The molecule has 0 atom stereocenters. The highest BCUT2D eigenvalue weighted by atomic mass is 35.5. The molecular formula is C17H18Cl2N4O4. The van der Waals surface area contributed by atoms with Gasteiger partial charge in [0.1, 0.15) is 5.54 Å². The molecule has 1 aromatic carbocycles. The van der Waals surface area contributed by atoms with Crippen molar-refractivity contribution < 1.29 is 19.2 Å². The molecule has 0 aromatic heterocycles. The molecule has 1 saturated heterocycles. The van der Waals surface area contributed by atoms with Gasteiger partial charge in [0.2, 0.25) is 5.91 Å². The van der Waals surface area contributed by atoms with E-state index in [4.69, 9.17) is 23.2 Å². The summed E-state index contributed by atoms with van der Waals surface area (Å²) in [5.74, 6) is -1.52. The minimum absolute atomic E-state index is 0.0884. The number of urea groups is 1. The summed E-state index contributed by atoms with van der Waals surface area (Å²) in [6.07, 6.45) is 2.56. The molecule has 0 unspecified atom stereocenters. The summed E-state index contributed by atoms with van der Waals surface area (Å²) in [5.41, 5.74) is 4.08. The molecular weight excluding hydrogens is 395 g/mol. The first-order chi connectivity index (χ1) is 12.6. The number of imide groups is 1. The van der Waals surface area contributed by atoms with Crippen LogP contribution in [0.3, 0.4) is 0 Å². The first kappa shape index (κ1) is 20.7. The number of amides is 5. The highest BCUT2D eigenvalue weighted by Crippen LogP contribution is 2.23. The van der Waals surface area contributed by atoms with Crippen LogP contribution in [0.1, 0.15) is 25.8 Å². The molecule has 1 aliphatic rings. The average Bonchev–Trinajstić information content (AvgIpc) is 2.79. The number of halogens is 2. The highest BCUT2D eigenvalue weighted by molar-refractivity contribution is 6.42. The van der Waals surface area contributed by atoms with Gasteiger partial charge in [-0.15, -0.1) is 0 Å². The third-order valence-corrected chi connectivity index (χ3v) is 4.44. The van der Waals surface area contributed by atoms with Gasteiger partial charge in [-0.25, -0.2) is 4.79 Å². The molecule has 8 nitrogen and oxygen atoms in total. The molecule has 0 saturated carbocycles. The van der Waals surface area contributed by atoms with Gasteiger partial charge in [0, 0.05) is 19.0 Å². The zero-order chi connectivity index (χ0) is 20.2. The Kier molecular flexibility index (Phi) is 6.45. The summed E-state index contributed by atoms with van der Waals surface area (Å²) in [6.45, 7) is 3.07. The Morgan fingerprint density at radius 3 is 2.48 bits per heavy atom. The van der Waals surface area contributed by atoms with E-state index in [2.05, 4.69) is 16.2 Å². The second-order valence-corrected chi connectivity index (χ2v) is 7.12. The summed E-state index contributed by atoms with van der Waals surface area (Å²) >= 11 is 11.7. The highest BCUT2D eigenvalue weighted by Gasteiger charge is 2.43. The molecule has 5 amide bonds. The molecule has 3 N–H and O–H groups in total. The summed E-state index contributed by atoms with van der Waals surface area (Å²) in [5, 5.41) is 3.28. The molecule has 2 rings (SSSR count). The van der Waals surface area contributed by atoms with E-state index in [0.717, 1.165) is 4.90 Å². The van der Waals surface area contributed by atoms with Gasteiger partial charge in [0.15, 0.2) is 0 Å². The largest absolute Gasteiger partial charge is 0.325 e. The number of benzene rings is 1. The maximum atomic E-state index is 12.0. The maximum Gasteiger partial charge on any atom is 0.325 e. The molecule has 10 heteroatoms. The predicted octanol–water partition coefficient (Wildman–Crippen LogP) is 1.87. The van der Waals surface area contributed by atoms with Crippen molar-refractivity contribution in [1.29, 1.82) is 0 Å². The SMILES string of the molecule is CC1(C)NC(=O)N(CCC(=O)NNC(=O)/C=C/c2ccc(Cl)c(Cl)c2)C1=O. The molecule has 1 aromatic rings. The van der Waals surface area contributed by atoms with Crippen molar-refractivity contribution in [1.82, 2.24) is 21.1 Å². The zero-order valence-electron chi connectivity index (χ0n) is 14.6. The smallest absolute Gasteiger partial charge is 0.324 e. The van der Waals surface area contributed by atoms with Crippen LogP contribution in [0.15, 0.2) is 24.3 Å². The quantitative estimate of drug-likeness (QED) is 0.389. The Morgan fingerprint density at radius 2 is 1.89 bits per heavy atom. The Balaban J connectivity index is 1.77. The van der Waals surface area contributed by atoms with Gasteiger partial charge >= 0.3 is 6.03 Å². The predicted molar refractivity (Wildman–Crippen MR) is 101 cm³/mol. The van der Waals surface area contributed by atoms with Gasteiger partial charge in [-0.2, -0.15) is 0 Å². The van der Waals surface area contributed by atoms with Gasteiger partial charge in [-0.1, -0.05) is 29.3 Å². The topological polar surface area (TPSA) is 108 Å². The fraction of sp³-hybridized carbons (Fsp3) is 0.294. The van der Waals surface area contributed by atoms with Gasteiger partial charge < -0.3 is 5.32 Å². The minimum Gasteiger partial charge on any atom is -0.324 e. The molecule has 1 heterocycles. The molecule has 0 spiro atoms. The number of rotatable bonds is 5. The van der Waals surface area contributed by atoms with Gasteiger partial charge in [0.25, 0.3) is 11.8 Å². The Bertz CT molecular complexity index is 823. The molecule has 0 aliphatic carbocycles. The number of carbonyl (C=O) groups is 4. The van der Waals surface area contributed by atoms with E-state index in [1.54, 1.807) is 32.0 Å². The second kappa shape index (κ2) is 8.41. The number of hydrazine groups is 1. The molecule has 0 radical (unpaired) electrons. The van der Waals surface area contributed by atoms with Crippen LogP contribution >= 0.6 is 23.2 Å². The summed E-state index contributed by atoms with van der Waals surface area (Å²) in [7, 11) is 0. The number of nitrogens with one attached hydrogen (secondary N) is 3. The Hall–Kier alpha value is -2.58. The lowest BCUT2D eigenvalue weighted by atomic mass is 10.1. The van der Waals surface area contributed by atoms with Crippen molar-refractivity contribution in [3.8, 4) is 0 Å². The van der Waals surface area contributed by atoms with Crippen molar-refractivity contribution in [3.63, 3.8) is 0 Å². The van der Waals surface area contributed by atoms with Crippen LogP contribution in [0, 0.1) is 0 Å². The molecule has 1 aliphatic heterocycles. The van der Waals surface area contributed by atoms with Crippen molar-refractivity contribution in [3.05, 3.63) is 39.9 Å². The summed E-state index contributed by atoms with van der Waals surface area (Å²) in [4.78, 5) is 48.2. The lowest BCUT2D eigenvalue weighted by Gasteiger charge is -2.15. The van der Waals surface area contributed by atoms with Crippen LogP contribution in [-0.2, 0) is 14.4 Å². The fourth-order valence-electron chi connectivity index (χ4n) is 2.26. The molecule has 27 heavy (non-hydrogen) atoms. The van der Waals surface area contributed by atoms with E-state index in [1.165, 1.54) is 12.2 Å². The van der Waals surface area contributed by atoms with Crippen molar-refractivity contribution >= 4 is 53.0 Å². The Morgan fingerprint density at radius 1 is 1.19 bits per heavy atom. The van der Waals surface area contributed by atoms with Gasteiger partial charge in [-0.3, -0.25) is 30.1 Å². The molecule has 144 valence electrons. The standard InChI is InChI=1S/C17H18Cl2N4O4/c1-17(2)15(26)23(16(27)20-17)8-7-14(25)22-21-13(24)6-4-10-3-5-11(18)12(19)9-10/h3-6,9H,7-8H2,1-2H3,(H,20,27)(H,21,24)(H,22,25)/b6-4+. The van der Waals surface area contributed by atoms with Crippen LogP contribution in [0.5, 0.6) is 0 Å². The number of hydrogen-bond donors (Lipinski definition) is 3. The second-order valence-electron chi connectivity index (χ2n) is 6.31. The first-order valence-electron chi connectivity index (χ1n) is 7.96. The summed E-state index contributed by atoms with van der Waals surface area (Å²) < 4.78 is 0. The normalized spacial score (nSPS) is 15.8. The third-order valence-electron chi connectivity index (χ3n) is 3.70. The minimum atomic E-state index is -0.989. The Labute approximate surface area is 165 Å². The van der Waals surface area contributed by atoms with E-state index >= 15 is 0 Å². The van der Waals surface area contributed by atoms with Crippen LogP contribution in [-0.4, -0.2) is 40.7 Å². The lowest BCUT2D eigenvalue weighted by Crippen LogP contribution is -2.43. The van der Waals surface area contributed by atoms with Crippen molar-refractivity contribution in [2.75, 3.05) is 6.54 Å². The van der Waals surface area contributed by atoms with E-state index in [0.29, 0.717) is 15.6 Å². The molecule has 1 fully saturated rings. The van der Waals surface area contributed by atoms with Gasteiger partial charge in [-0.05, 0) is 37.6 Å². The van der Waals surface area contributed by atoms with Gasteiger partial charge in [0.05, 0.1) is 10.0 Å². The number of carbonyl (C=O) groups excluding carboxylic acids is 4. The first-order valence-corrected chi connectivity index (χ1v) is 8.72. The van der Waals surface area contributed by atoms with Crippen LogP contribution < -0.4 is 16.2 Å². The monoisotopic (exact) mass is 412 g/mol. The van der Waals surface area contributed by atoms with Crippen LogP contribution in [0.2, 0.25) is 10.0 Å². The van der Waals surface area contributed by atoms with E-state index in [1.807, 2.05) is 0 Å². The molecule has 0 bridgehead atoms. The third kappa shape index (κ3) is 5.45. The van der Waals surface area contributed by atoms with E-state index in [-0.39, 0.29) is 13.0 Å².